The number of hydrogen-bond donors (Lipinski definition) is 3. The number of carbonyl (C=O) groups excluding carboxylic acids is 2. The van der Waals surface area contributed by atoms with E-state index >= 15 is 0 Å². The molecule has 3 atom stereocenters. The van der Waals surface area contributed by atoms with E-state index in [1.165, 1.54) is 4.90 Å². The molecule has 2 aliphatic rings. The first-order chi connectivity index (χ1) is 9.50. The second kappa shape index (κ2) is 6.11. The van der Waals surface area contributed by atoms with Gasteiger partial charge in [-0.2, -0.15) is 0 Å². The summed E-state index contributed by atoms with van der Waals surface area (Å²) in [7, 11) is 0. The van der Waals surface area contributed by atoms with E-state index < -0.39 is 17.9 Å². The number of urea groups is 1. The molecule has 1 heterocycles. The van der Waals surface area contributed by atoms with Crippen molar-refractivity contribution in [1.29, 1.82) is 0 Å². The minimum Gasteiger partial charge on any atom is -0.480 e. The first-order valence-corrected chi connectivity index (χ1v) is 7.06. The van der Waals surface area contributed by atoms with Crippen LogP contribution in [-0.2, 0) is 9.59 Å². The largest absolute Gasteiger partial charge is 0.480 e. The Labute approximate surface area is 117 Å². The average molecular weight is 283 g/mol. The lowest BCUT2D eigenvalue weighted by molar-refractivity contribution is -0.142. The molecule has 0 bridgehead atoms. The Bertz CT molecular complexity index is 412. The van der Waals surface area contributed by atoms with E-state index in [0.717, 1.165) is 19.3 Å². The topological polar surface area (TPSA) is 113 Å². The lowest BCUT2D eigenvalue weighted by Gasteiger charge is -2.24. The van der Waals surface area contributed by atoms with Gasteiger partial charge in [-0.1, -0.05) is 6.42 Å². The molecule has 4 N–H and O–H groups in total. The van der Waals surface area contributed by atoms with Crippen LogP contribution in [0, 0.1) is 11.8 Å². The highest BCUT2D eigenvalue weighted by atomic mass is 16.4. The molecule has 112 valence electrons. The molecule has 3 unspecified atom stereocenters. The highest BCUT2D eigenvalue weighted by Crippen LogP contribution is 2.42. The van der Waals surface area contributed by atoms with Crippen molar-refractivity contribution in [3.8, 4) is 0 Å². The predicted molar refractivity (Wildman–Crippen MR) is 70.8 cm³/mol. The maximum atomic E-state index is 12.1. The molecule has 1 aliphatic heterocycles. The summed E-state index contributed by atoms with van der Waals surface area (Å²) in [6.07, 6.45) is 3.62. The summed E-state index contributed by atoms with van der Waals surface area (Å²) in [4.78, 5) is 35.5. The number of hydrogen-bond acceptors (Lipinski definition) is 3. The van der Waals surface area contributed by atoms with E-state index in [0.29, 0.717) is 25.4 Å². The maximum Gasteiger partial charge on any atom is 0.326 e. The molecule has 1 aliphatic carbocycles. The molecule has 7 heteroatoms. The number of primary amides is 1. The quantitative estimate of drug-likeness (QED) is 0.623. The SMILES string of the molecule is NC(=O)CCCNC(=O)N1CC2CCCC2C1C(=O)O. The van der Waals surface area contributed by atoms with E-state index in [9.17, 15) is 19.5 Å². The summed E-state index contributed by atoms with van der Waals surface area (Å²) in [5.41, 5.74) is 5.02. The number of nitrogens with zero attached hydrogens (tertiary/aromatic N) is 1. The fourth-order valence-corrected chi connectivity index (χ4v) is 3.39. The van der Waals surface area contributed by atoms with Crippen molar-refractivity contribution in [3.63, 3.8) is 0 Å². The van der Waals surface area contributed by atoms with Crippen molar-refractivity contribution in [1.82, 2.24) is 10.2 Å². The van der Waals surface area contributed by atoms with Gasteiger partial charge in [0.2, 0.25) is 5.91 Å². The van der Waals surface area contributed by atoms with Gasteiger partial charge in [0.25, 0.3) is 0 Å². The lowest BCUT2D eigenvalue weighted by Crippen LogP contribution is -2.48. The molecule has 1 saturated carbocycles. The Hall–Kier alpha value is -1.79. The van der Waals surface area contributed by atoms with E-state index in [1.807, 2.05) is 0 Å². The van der Waals surface area contributed by atoms with Crippen molar-refractivity contribution >= 4 is 17.9 Å². The third-order valence-corrected chi connectivity index (χ3v) is 4.28. The average Bonchev–Trinajstić information content (AvgIpc) is 2.92. The number of carboxylic acids is 1. The first kappa shape index (κ1) is 14.6. The van der Waals surface area contributed by atoms with Crippen LogP contribution in [0.3, 0.4) is 0 Å². The van der Waals surface area contributed by atoms with Crippen molar-refractivity contribution in [2.45, 2.75) is 38.1 Å². The number of amides is 3. The molecule has 2 rings (SSSR count). The Kier molecular flexibility index (Phi) is 4.46. The minimum atomic E-state index is -0.924. The molecule has 2 fully saturated rings. The molecule has 0 aromatic heterocycles. The number of rotatable bonds is 5. The standard InChI is InChI=1S/C13H21N3O4/c14-10(17)5-2-6-15-13(20)16-7-8-3-1-4-9(8)11(16)12(18)19/h8-9,11H,1-7H2,(H2,14,17)(H,15,20)(H,18,19). The Balaban J connectivity index is 1.88. The molecule has 0 spiro atoms. The van der Waals surface area contributed by atoms with Crippen LogP contribution in [0.15, 0.2) is 0 Å². The molecule has 1 saturated heterocycles. The maximum absolute atomic E-state index is 12.1. The van der Waals surface area contributed by atoms with Gasteiger partial charge in [-0.05, 0) is 31.1 Å². The normalized spacial score (nSPS) is 28.2. The number of likely N-dealkylation sites (tertiary alicyclic amines) is 1. The molecule has 0 radical (unpaired) electrons. The number of aliphatic carboxylic acids is 1. The van der Waals surface area contributed by atoms with Gasteiger partial charge >= 0.3 is 12.0 Å². The fraction of sp³-hybridized carbons (Fsp3) is 0.769. The molecule has 0 aromatic carbocycles. The minimum absolute atomic E-state index is 0.0869. The van der Waals surface area contributed by atoms with Crippen LogP contribution in [0.4, 0.5) is 4.79 Å². The third kappa shape index (κ3) is 3.02. The molecule has 20 heavy (non-hydrogen) atoms. The monoisotopic (exact) mass is 283 g/mol. The van der Waals surface area contributed by atoms with Gasteiger partial charge in [0.05, 0.1) is 0 Å². The van der Waals surface area contributed by atoms with E-state index in [2.05, 4.69) is 5.32 Å². The number of carboxylic acid groups (broad SMARTS) is 1. The van der Waals surface area contributed by atoms with Gasteiger partial charge in [0, 0.05) is 19.5 Å². The number of nitrogens with two attached hydrogens (primary N) is 1. The smallest absolute Gasteiger partial charge is 0.326 e. The zero-order chi connectivity index (χ0) is 14.7. The van der Waals surface area contributed by atoms with E-state index in [1.54, 1.807) is 0 Å². The van der Waals surface area contributed by atoms with E-state index in [4.69, 9.17) is 5.73 Å². The van der Waals surface area contributed by atoms with Crippen molar-refractivity contribution in [2.75, 3.05) is 13.1 Å². The summed E-state index contributed by atoms with van der Waals surface area (Å²) in [5.74, 6) is -0.929. The predicted octanol–water partition coefficient (Wildman–Crippen LogP) is 0.147. The van der Waals surface area contributed by atoms with Crippen molar-refractivity contribution < 1.29 is 19.5 Å². The van der Waals surface area contributed by atoms with Crippen molar-refractivity contribution in [2.24, 2.45) is 17.6 Å². The van der Waals surface area contributed by atoms with Gasteiger partial charge in [0.15, 0.2) is 0 Å². The molecule has 7 nitrogen and oxygen atoms in total. The molecule has 0 aromatic rings. The highest BCUT2D eigenvalue weighted by molar-refractivity contribution is 5.83. The van der Waals surface area contributed by atoms with Crippen molar-refractivity contribution in [3.05, 3.63) is 0 Å². The summed E-state index contributed by atoms with van der Waals surface area (Å²) in [6, 6.07) is -1.06. The van der Waals surface area contributed by atoms with Crippen LogP contribution in [0.25, 0.3) is 0 Å². The zero-order valence-electron chi connectivity index (χ0n) is 11.4. The third-order valence-electron chi connectivity index (χ3n) is 4.28. The van der Waals surface area contributed by atoms with Crippen LogP contribution < -0.4 is 11.1 Å². The van der Waals surface area contributed by atoms with Crippen LogP contribution in [0.2, 0.25) is 0 Å². The summed E-state index contributed by atoms with van der Waals surface area (Å²) < 4.78 is 0. The van der Waals surface area contributed by atoms with Crippen LogP contribution in [0.1, 0.15) is 32.1 Å². The lowest BCUT2D eigenvalue weighted by atomic mass is 9.94. The highest BCUT2D eigenvalue weighted by Gasteiger charge is 2.49. The Morgan fingerprint density at radius 1 is 1.30 bits per heavy atom. The summed E-state index contributed by atoms with van der Waals surface area (Å²) >= 11 is 0. The molecular weight excluding hydrogens is 262 g/mol. The van der Waals surface area contributed by atoms with Gasteiger partial charge < -0.3 is 21.1 Å². The van der Waals surface area contributed by atoms with Gasteiger partial charge in [-0.25, -0.2) is 9.59 Å². The van der Waals surface area contributed by atoms with Gasteiger partial charge in [-0.15, -0.1) is 0 Å². The molecular formula is C13H21N3O4. The number of carbonyl (C=O) groups is 3. The first-order valence-electron chi connectivity index (χ1n) is 7.06. The van der Waals surface area contributed by atoms with Gasteiger partial charge in [-0.3, -0.25) is 4.79 Å². The number of nitrogens with one attached hydrogen (secondary N) is 1. The Morgan fingerprint density at radius 2 is 2.05 bits per heavy atom. The summed E-state index contributed by atoms with van der Waals surface area (Å²) in [5, 5.41) is 12.0. The Morgan fingerprint density at radius 3 is 2.70 bits per heavy atom. The zero-order valence-corrected chi connectivity index (χ0v) is 11.4. The number of fused-ring (bicyclic) bond motifs is 1. The summed E-state index contributed by atoms with van der Waals surface area (Å²) in [6.45, 7) is 0.850. The van der Waals surface area contributed by atoms with Crippen LogP contribution in [0.5, 0.6) is 0 Å². The van der Waals surface area contributed by atoms with Gasteiger partial charge in [0.1, 0.15) is 6.04 Å². The van der Waals surface area contributed by atoms with E-state index in [-0.39, 0.29) is 18.4 Å². The second-order valence-corrected chi connectivity index (χ2v) is 5.59. The second-order valence-electron chi connectivity index (χ2n) is 5.59. The van der Waals surface area contributed by atoms with Crippen LogP contribution in [-0.4, -0.2) is 47.0 Å². The van der Waals surface area contributed by atoms with Crippen LogP contribution >= 0.6 is 0 Å². The molecule has 3 amide bonds. The fourth-order valence-electron chi connectivity index (χ4n) is 3.39.